The lowest BCUT2D eigenvalue weighted by atomic mass is 10.00. The van der Waals surface area contributed by atoms with Crippen molar-refractivity contribution < 1.29 is 29.0 Å². The van der Waals surface area contributed by atoms with E-state index in [1.165, 1.54) is 47.6 Å². The van der Waals surface area contributed by atoms with E-state index in [2.05, 4.69) is 21.2 Å². The number of carboxylic acid groups (broad SMARTS) is 1. The fourth-order valence-corrected chi connectivity index (χ4v) is 4.56. The van der Waals surface area contributed by atoms with Gasteiger partial charge in [-0.3, -0.25) is 4.90 Å². The molecule has 0 saturated heterocycles. The van der Waals surface area contributed by atoms with E-state index >= 15 is 0 Å². The molecule has 0 bridgehead atoms. The number of carbonyl (C=O) groups excluding carboxylic acids is 2. The monoisotopic (exact) mass is 494 g/mol. The SMILES string of the molecule is COCCOC(=O)C1=C(C)N(c2ccc(C(=O)O)cc2)C(=O)NC1c1cc(Br)cs1. The number of esters is 1. The van der Waals surface area contributed by atoms with Gasteiger partial charge in [0.15, 0.2) is 0 Å². The van der Waals surface area contributed by atoms with Crippen LogP contribution in [-0.4, -0.2) is 43.4 Å². The number of rotatable bonds is 7. The number of benzene rings is 1. The summed E-state index contributed by atoms with van der Waals surface area (Å²) in [6, 6.07) is 6.57. The van der Waals surface area contributed by atoms with E-state index < -0.39 is 24.0 Å². The molecule has 30 heavy (non-hydrogen) atoms. The molecule has 0 radical (unpaired) electrons. The summed E-state index contributed by atoms with van der Waals surface area (Å²) < 4.78 is 11.1. The van der Waals surface area contributed by atoms with E-state index in [0.717, 1.165) is 9.35 Å². The Morgan fingerprint density at radius 3 is 2.53 bits per heavy atom. The zero-order valence-corrected chi connectivity index (χ0v) is 18.6. The second-order valence-corrected chi connectivity index (χ2v) is 8.22. The third-order valence-electron chi connectivity index (χ3n) is 4.47. The number of ether oxygens (including phenoxy) is 2. The maximum Gasteiger partial charge on any atom is 0.338 e. The molecule has 8 nitrogen and oxygen atoms in total. The van der Waals surface area contributed by atoms with Crippen LogP contribution in [0.1, 0.15) is 28.2 Å². The summed E-state index contributed by atoms with van der Waals surface area (Å²) in [7, 11) is 1.51. The second-order valence-electron chi connectivity index (χ2n) is 6.37. The molecule has 2 heterocycles. The molecule has 1 aromatic heterocycles. The average Bonchev–Trinajstić information content (AvgIpc) is 3.14. The van der Waals surface area contributed by atoms with Gasteiger partial charge >= 0.3 is 18.0 Å². The highest BCUT2D eigenvalue weighted by atomic mass is 79.9. The van der Waals surface area contributed by atoms with Gasteiger partial charge in [0.1, 0.15) is 6.61 Å². The van der Waals surface area contributed by atoms with Crippen molar-refractivity contribution in [3.05, 3.63) is 61.9 Å². The minimum Gasteiger partial charge on any atom is -0.478 e. The quantitative estimate of drug-likeness (QED) is 0.446. The maximum absolute atomic E-state index is 12.9. The number of urea groups is 1. The first-order valence-electron chi connectivity index (χ1n) is 8.88. The van der Waals surface area contributed by atoms with Gasteiger partial charge < -0.3 is 19.9 Å². The van der Waals surface area contributed by atoms with Crippen LogP contribution in [0.25, 0.3) is 0 Å². The Hall–Kier alpha value is -2.69. The molecule has 1 atom stereocenters. The van der Waals surface area contributed by atoms with Crippen LogP contribution in [0.2, 0.25) is 0 Å². The molecule has 0 aliphatic carbocycles. The third-order valence-corrected chi connectivity index (χ3v) is 6.23. The van der Waals surface area contributed by atoms with Crippen molar-refractivity contribution in [3.8, 4) is 0 Å². The van der Waals surface area contributed by atoms with Gasteiger partial charge in [0, 0.05) is 27.5 Å². The van der Waals surface area contributed by atoms with Gasteiger partial charge in [-0.2, -0.15) is 0 Å². The number of methoxy groups -OCH3 is 1. The molecule has 3 rings (SSSR count). The van der Waals surface area contributed by atoms with E-state index in [-0.39, 0.29) is 18.8 Å². The number of carboxylic acids is 1. The Kier molecular flexibility index (Phi) is 6.91. The first kappa shape index (κ1) is 22.0. The van der Waals surface area contributed by atoms with Crippen molar-refractivity contribution in [1.82, 2.24) is 5.32 Å². The van der Waals surface area contributed by atoms with E-state index in [0.29, 0.717) is 17.0 Å². The van der Waals surface area contributed by atoms with Crippen molar-refractivity contribution >= 4 is 50.9 Å². The highest BCUT2D eigenvalue weighted by Gasteiger charge is 2.38. The zero-order chi connectivity index (χ0) is 21.8. The Morgan fingerprint density at radius 2 is 1.97 bits per heavy atom. The summed E-state index contributed by atoms with van der Waals surface area (Å²) in [4.78, 5) is 39.0. The molecule has 1 aliphatic rings. The number of aromatic carboxylic acids is 1. The minimum atomic E-state index is -1.07. The van der Waals surface area contributed by atoms with Crippen molar-refractivity contribution in [1.29, 1.82) is 0 Å². The van der Waals surface area contributed by atoms with E-state index in [1.54, 1.807) is 6.92 Å². The fourth-order valence-electron chi connectivity index (χ4n) is 3.06. The number of nitrogens with one attached hydrogen (secondary N) is 1. The normalized spacial score (nSPS) is 16.4. The summed E-state index contributed by atoms with van der Waals surface area (Å²) in [5.74, 6) is -1.63. The summed E-state index contributed by atoms with van der Waals surface area (Å²) >= 11 is 4.79. The number of carbonyl (C=O) groups is 3. The van der Waals surface area contributed by atoms with Gasteiger partial charge in [0.2, 0.25) is 0 Å². The third kappa shape index (κ3) is 4.55. The largest absolute Gasteiger partial charge is 0.478 e. The van der Waals surface area contributed by atoms with Gasteiger partial charge in [-0.15, -0.1) is 11.3 Å². The summed E-state index contributed by atoms with van der Waals surface area (Å²) in [5.41, 5.74) is 1.22. The molecule has 2 aromatic rings. The molecule has 158 valence electrons. The van der Waals surface area contributed by atoms with E-state index in [4.69, 9.17) is 14.6 Å². The Balaban J connectivity index is 2.03. The lowest BCUT2D eigenvalue weighted by molar-refractivity contribution is -0.140. The highest BCUT2D eigenvalue weighted by molar-refractivity contribution is 9.10. The summed E-state index contributed by atoms with van der Waals surface area (Å²) in [6.45, 7) is 1.99. The number of halogens is 1. The van der Waals surface area contributed by atoms with Crippen LogP contribution in [0.3, 0.4) is 0 Å². The van der Waals surface area contributed by atoms with Crippen LogP contribution >= 0.6 is 27.3 Å². The molecule has 2 amide bonds. The van der Waals surface area contributed by atoms with Crippen molar-refractivity contribution in [2.45, 2.75) is 13.0 Å². The molecule has 10 heteroatoms. The van der Waals surface area contributed by atoms with Gasteiger partial charge in [-0.25, -0.2) is 14.4 Å². The number of allylic oxidation sites excluding steroid dienone is 1. The molecule has 0 spiro atoms. The van der Waals surface area contributed by atoms with Crippen LogP contribution in [0, 0.1) is 0 Å². The highest BCUT2D eigenvalue weighted by Crippen LogP contribution is 2.37. The number of nitrogens with zero attached hydrogens (tertiary/aromatic N) is 1. The van der Waals surface area contributed by atoms with Crippen LogP contribution in [0.5, 0.6) is 0 Å². The molecule has 0 saturated carbocycles. The van der Waals surface area contributed by atoms with Crippen LogP contribution in [0.15, 0.2) is 51.5 Å². The van der Waals surface area contributed by atoms with Crippen LogP contribution < -0.4 is 10.2 Å². The lowest BCUT2D eigenvalue weighted by Crippen LogP contribution is -2.48. The molecular weight excluding hydrogens is 476 g/mol. The van der Waals surface area contributed by atoms with Crippen molar-refractivity contribution in [2.24, 2.45) is 0 Å². The van der Waals surface area contributed by atoms with Crippen LogP contribution in [-0.2, 0) is 14.3 Å². The number of anilines is 1. The fraction of sp³-hybridized carbons (Fsp3) is 0.250. The average molecular weight is 495 g/mol. The first-order valence-corrected chi connectivity index (χ1v) is 10.6. The molecule has 1 aromatic carbocycles. The van der Waals surface area contributed by atoms with E-state index in [1.807, 2.05) is 11.4 Å². The molecule has 2 N–H and O–H groups in total. The second kappa shape index (κ2) is 9.41. The van der Waals surface area contributed by atoms with Gasteiger partial charge in [0.25, 0.3) is 0 Å². The van der Waals surface area contributed by atoms with Gasteiger partial charge in [-0.05, 0) is 53.2 Å². The molecule has 0 fully saturated rings. The van der Waals surface area contributed by atoms with Gasteiger partial charge in [0.05, 0.1) is 29.5 Å². The maximum atomic E-state index is 12.9. The number of hydrogen-bond donors (Lipinski definition) is 2. The Morgan fingerprint density at radius 1 is 1.27 bits per heavy atom. The Labute approximate surface area is 185 Å². The number of hydrogen-bond acceptors (Lipinski definition) is 6. The lowest BCUT2D eigenvalue weighted by Gasteiger charge is -2.34. The van der Waals surface area contributed by atoms with E-state index in [9.17, 15) is 14.4 Å². The molecular formula is C20H19BrN2O6S. The zero-order valence-electron chi connectivity index (χ0n) is 16.2. The van der Waals surface area contributed by atoms with Crippen LogP contribution in [0.4, 0.5) is 10.5 Å². The van der Waals surface area contributed by atoms with Crippen molar-refractivity contribution in [2.75, 3.05) is 25.2 Å². The first-order chi connectivity index (χ1) is 14.3. The van der Waals surface area contributed by atoms with Crippen molar-refractivity contribution in [3.63, 3.8) is 0 Å². The van der Waals surface area contributed by atoms with Gasteiger partial charge in [-0.1, -0.05) is 0 Å². The number of thiophene rings is 1. The predicted molar refractivity (Wildman–Crippen MR) is 115 cm³/mol. The predicted octanol–water partition coefficient (Wildman–Crippen LogP) is 3.94. The smallest absolute Gasteiger partial charge is 0.338 e. The summed E-state index contributed by atoms with van der Waals surface area (Å²) in [6.07, 6.45) is 0. The summed E-state index contributed by atoms with van der Waals surface area (Å²) in [5, 5.41) is 13.8. The minimum absolute atomic E-state index is 0.0776. The Bertz CT molecular complexity index is 1000. The topological polar surface area (TPSA) is 105 Å². The standard InChI is InChI=1S/C20H19BrN2O6S/c1-11-16(19(26)29-8-7-28-2)17(15-9-13(21)10-30-15)22-20(27)23(11)14-5-3-12(4-6-14)18(24)25/h3-6,9-10,17H,7-8H2,1-2H3,(H,22,27)(H,24,25). The molecule has 1 unspecified atom stereocenters. The molecule has 1 aliphatic heterocycles. The number of amides is 2.